The molecule has 202 valence electrons. The Hall–Kier alpha value is -4.64. The van der Waals surface area contributed by atoms with Crippen LogP contribution in [0.1, 0.15) is 40.8 Å². The lowest BCUT2D eigenvalue weighted by Gasteiger charge is -2.15. The van der Waals surface area contributed by atoms with Gasteiger partial charge in [0, 0.05) is 34.5 Å². The van der Waals surface area contributed by atoms with Gasteiger partial charge < -0.3 is 14.9 Å². The van der Waals surface area contributed by atoms with Crippen molar-refractivity contribution < 1.29 is 9.18 Å². The number of aryl methyl sites for hydroxylation is 1. The highest BCUT2D eigenvalue weighted by molar-refractivity contribution is 6.31. The van der Waals surface area contributed by atoms with Gasteiger partial charge in [-0.1, -0.05) is 23.7 Å². The van der Waals surface area contributed by atoms with Crippen LogP contribution in [0.2, 0.25) is 5.02 Å². The fourth-order valence-corrected chi connectivity index (χ4v) is 5.22. The number of halogens is 2. The maximum atomic E-state index is 13.4. The van der Waals surface area contributed by atoms with Gasteiger partial charge in [-0.2, -0.15) is 4.68 Å². The lowest BCUT2D eigenvalue weighted by molar-refractivity contribution is 0.0952. The van der Waals surface area contributed by atoms with Gasteiger partial charge in [0.15, 0.2) is 0 Å². The molecule has 1 aliphatic rings. The van der Waals surface area contributed by atoms with Crippen LogP contribution in [0.25, 0.3) is 28.1 Å². The van der Waals surface area contributed by atoms with Crippen LogP contribution in [0.5, 0.6) is 0 Å². The molecule has 1 aliphatic heterocycles. The molecule has 1 amide bonds. The number of aromatic nitrogens is 7. The van der Waals surface area contributed by atoms with Gasteiger partial charge in [0.25, 0.3) is 11.5 Å². The second-order valence-electron chi connectivity index (χ2n) is 9.47. The number of benzene rings is 2. The molecule has 0 saturated carbocycles. The number of hydrogen-bond acceptors (Lipinski definition) is 6. The minimum atomic E-state index is -0.467. The van der Waals surface area contributed by atoms with Crippen molar-refractivity contribution in [1.29, 1.82) is 0 Å². The van der Waals surface area contributed by atoms with Gasteiger partial charge in [0.05, 0.1) is 30.3 Å². The first-order valence-corrected chi connectivity index (χ1v) is 13.2. The standard InChI is InChI=1S/C28H24ClFN8O2/c29-20-6-8-24(37-16-33-35-36-37)22(14-20)19-12-21-7-9-25(38(21)26(39)13-19)27-32-15-23(34-27)17-2-4-18(5-3-17)28(40)31-11-1-10-30/h2-6,8,12-16,25H,1,7,9-11H2,(H,31,40)(H,32,34)/t25-/m0/s1. The van der Waals surface area contributed by atoms with Crippen LogP contribution in [0.3, 0.4) is 0 Å². The first-order valence-electron chi connectivity index (χ1n) is 12.8. The lowest BCUT2D eigenvalue weighted by atomic mass is 10.0. The number of carbonyl (C=O) groups is 1. The van der Waals surface area contributed by atoms with Gasteiger partial charge in [-0.15, -0.1) is 5.10 Å². The van der Waals surface area contributed by atoms with E-state index in [-0.39, 0.29) is 23.9 Å². The molecule has 2 aromatic carbocycles. The largest absolute Gasteiger partial charge is 0.352 e. The number of fused-ring (bicyclic) bond motifs is 1. The minimum Gasteiger partial charge on any atom is -0.352 e. The van der Waals surface area contributed by atoms with Crippen molar-refractivity contribution in [2.75, 3.05) is 13.2 Å². The van der Waals surface area contributed by atoms with E-state index in [9.17, 15) is 14.0 Å². The topological polar surface area (TPSA) is 123 Å². The number of H-pyrrole nitrogens is 1. The maximum Gasteiger partial charge on any atom is 0.252 e. The van der Waals surface area contributed by atoms with Crippen LogP contribution in [0, 0.1) is 0 Å². The Morgan fingerprint density at radius 2 is 1.98 bits per heavy atom. The Kier molecular flexibility index (Phi) is 6.95. The zero-order chi connectivity index (χ0) is 27.6. The zero-order valence-corrected chi connectivity index (χ0v) is 22.0. The van der Waals surface area contributed by atoms with Gasteiger partial charge >= 0.3 is 0 Å². The molecule has 0 saturated heterocycles. The number of aromatic amines is 1. The summed E-state index contributed by atoms with van der Waals surface area (Å²) in [4.78, 5) is 33.6. The number of carbonyl (C=O) groups excluding carboxylic acids is 1. The molecule has 5 aromatic rings. The fraction of sp³-hybridized carbons (Fsp3) is 0.214. The normalized spacial score (nSPS) is 14.3. The van der Waals surface area contributed by atoms with Crippen LogP contribution in [-0.4, -0.2) is 53.9 Å². The van der Waals surface area contributed by atoms with Crippen molar-refractivity contribution in [1.82, 2.24) is 40.1 Å². The highest BCUT2D eigenvalue weighted by Gasteiger charge is 2.28. The second kappa shape index (κ2) is 10.9. The SMILES string of the molecule is O=C(NCCCF)c1ccc(-c2cnc([C@@H]3CCc4cc(-c5cc(Cl)ccc5-n5cnnn5)cc(=O)n43)[nH]2)cc1. The molecule has 0 bridgehead atoms. The number of nitrogens with one attached hydrogen (secondary N) is 2. The van der Waals surface area contributed by atoms with E-state index in [1.807, 2.05) is 24.3 Å². The summed E-state index contributed by atoms with van der Waals surface area (Å²) in [5.74, 6) is 0.447. The monoisotopic (exact) mass is 558 g/mol. The molecule has 40 heavy (non-hydrogen) atoms. The molecule has 0 unspecified atom stereocenters. The van der Waals surface area contributed by atoms with Crippen LogP contribution >= 0.6 is 11.6 Å². The molecule has 0 radical (unpaired) electrons. The quantitative estimate of drug-likeness (QED) is 0.276. The smallest absolute Gasteiger partial charge is 0.252 e. The Bertz CT molecular complexity index is 1730. The molecule has 4 heterocycles. The van der Waals surface area contributed by atoms with Crippen molar-refractivity contribution in [3.63, 3.8) is 0 Å². The first-order chi connectivity index (χ1) is 19.5. The van der Waals surface area contributed by atoms with E-state index >= 15 is 0 Å². The third kappa shape index (κ3) is 4.91. The summed E-state index contributed by atoms with van der Waals surface area (Å²) in [6.45, 7) is -0.171. The molecule has 10 nitrogen and oxygen atoms in total. The van der Waals surface area contributed by atoms with Crippen molar-refractivity contribution in [3.8, 4) is 28.1 Å². The van der Waals surface area contributed by atoms with Gasteiger partial charge in [0.2, 0.25) is 0 Å². The average molecular weight is 559 g/mol. The van der Waals surface area contributed by atoms with Crippen LogP contribution in [0.4, 0.5) is 4.39 Å². The van der Waals surface area contributed by atoms with E-state index in [0.29, 0.717) is 35.1 Å². The maximum absolute atomic E-state index is 13.4. The van der Waals surface area contributed by atoms with Crippen LogP contribution in [-0.2, 0) is 6.42 Å². The number of imidazole rings is 1. The third-order valence-electron chi connectivity index (χ3n) is 6.96. The molecule has 2 N–H and O–H groups in total. The summed E-state index contributed by atoms with van der Waals surface area (Å²) in [5.41, 5.74) is 5.10. The van der Waals surface area contributed by atoms with Crippen LogP contribution < -0.4 is 10.9 Å². The molecule has 0 spiro atoms. The van der Waals surface area contributed by atoms with Crippen molar-refractivity contribution in [2.24, 2.45) is 0 Å². The van der Waals surface area contributed by atoms with Crippen LogP contribution in [0.15, 0.2) is 71.9 Å². The number of alkyl halides is 1. The average Bonchev–Trinajstić information content (AvgIpc) is 3.74. The number of tetrazole rings is 1. The fourth-order valence-electron chi connectivity index (χ4n) is 5.04. The van der Waals surface area contributed by atoms with Gasteiger partial charge in [-0.25, -0.2) is 4.98 Å². The predicted molar refractivity (Wildman–Crippen MR) is 147 cm³/mol. The first kappa shape index (κ1) is 25.6. The van der Waals surface area contributed by atoms with E-state index in [1.165, 1.54) is 11.0 Å². The van der Waals surface area contributed by atoms with Crippen molar-refractivity contribution in [2.45, 2.75) is 25.3 Å². The predicted octanol–water partition coefficient (Wildman–Crippen LogP) is 4.16. The molecule has 12 heteroatoms. The van der Waals surface area contributed by atoms with E-state index < -0.39 is 6.67 Å². The lowest BCUT2D eigenvalue weighted by Crippen LogP contribution is -2.24. The Morgan fingerprint density at radius 3 is 2.75 bits per heavy atom. The second-order valence-corrected chi connectivity index (χ2v) is 9.91. The van der Waals surface area contributed by atoms with Gasteiger partial charge in [-0.05, 0) is 77.2 Å². The number of hydrogen-bond donors (Lipinski definition) is 2. The number of pyridine rings is 1. The van der Waals surface area contributed by atoms with Gasteiger partial charge in [0.1, 0.15) is 12.2 Å². The number of rotatable bonds is 8. The van der Waals surface area contributed by atoms with E-state index in [4.69, 9.17) is 11.6 Å². The summed E-state index contributed by atoms with van der Waals surface area (Å²) in [6.07, 6.45) is 4.94. The minimum absolute atomic E-state index is 0.140. The Morgan fingerprint density at radius 1 is 1.12 bits per heavy atom. The molecule has 0 fully saturated rings. The summed E-state index contributed by atoms with van der Waals surface area (Å²) in [6, 6.07) is 15.8. The molecule has 0 aliphatic carbocycles. The summed E-state index contributed by atoms with van der Waals surface area (Å²) in [7, 11) is 0. The molecular formula is C28H24ClFN8O2. The molecular weight excluding hydrogens is 535 g/mol. The van der Waals surface area contributed by atoms with E-state index in [2.05, 4.69) is 30.8 Å². The van der Waals surface area contributed by atoms with E-state index in [1.54, 1.807) is 41.1 Å². The summed E-state index contributed by atoms with van der Waals surface area (Å²) >= 11 is 6.30. The number of amides is 1. The highest BCUT2D eigenvalue weighted by atomic mass is 35.5. The molecule has 3 aromatic heterocycles. The zero-order valence-electron chi connectivity index (χ0n) is 21.2. The molecule has 6 rings (SSSR count). The Balaban J connectivity index is 1.26. The summed E-state index contributed by atoms with van der Waals surface area (Å²) < 4.78 is 15.6. The highest BCUT2D eigenvalue weighted by Crippen LogP contribution is 2.34. The van der Waals surface area contributed by atoms with Crippen molar-refractivity contribution in [3.05, 3.63) is 99.6 Å². The van der Waals surface area contributed by atoms with E-state index in [0.717, 1.165) is 34.5 Å². The molecule has 1 atom stereocenters. The summed E-state index contributed by atoms with van der Waals surface area (Å²) in [5, 5.41) is 14.7. The van der Waals surface area contributed by atoms with Gasteiger partial charge in [-0.3, -0.25) is 14.0 Å². The Labute approximate surface area is 232 Å². The third-order valence-corrected chi connectivity index (χ3v) is 7.20. The van der Waals surface area contributed by atoms with Crippen molar-refractivity contribution >= 4 is 17.5 Å². The number of nitrogens with zero attached hydrogens (tertiary/aromatic N) is 6.